The average molecular weight is 693 g/mol. The Morgan fingerprint density at radius 2 is 1.20 bits per heavy atom. The first kappa shape index (κ1) is 42.5. The van der Waals surface area contributed by atoms with Crippen LogP contribution in [0.2, 0.25) is 0 Å². The van der Waals surface area contributed by atoms with Crippen molar-refractivity contribution >= 4 is 11.8 Å². The van der Waals surface area contributed by atoms with Crippen LogP contribution in [0.1, 0.15) is 76.3 Å². The number of hydrogen-bond acceptors (Lipinski definition) is 4. The predicted octanol–water partition coefficient (Wildman–Crippen LogP) is 7.11. The largest absolute Gasteiger partial charge is 0.493 e. The molecular weight excluding hydrogens is 624 g/mol. The molecule has 2 aromatic rings. The maximum atomic E-state index is 12.3. The molecule has 0 aromatic heterocycles. The fraction of sp³-hybridized carbons (Fsp3) is 0.571. The number of unbranched alkanes of at least 4 members (excludes halogenated alkanes) is 4. The molecule has 0 aliphatic rings. The molecule has 2 amide bonds. The Balaban J connectivity index is 2.00. The third-order valence-electron chi connectivity index (χ3n) is 8.84. The van der Waals surface area contributed by atoms with Crippen LogP contribution in [0.3, 0.4) is 0 Å². The maximum absolute atomic E-state index is 12.3. The van der Waals surface area contributed by atoms with E-state index in [0.717, 1.165) is 112 Å². The van der Waals surface area contributed by atoms with E-state index in [-0.39, 0.29) is 11.8 Å². The fourth-order valence-electron chi connectivity index (χ4n) is 5.93. The van der Waals surface area contributed by atoms with E-state index in [1.807, 2.05) is 12.2 Å². The number of amides is 2. The molecule has 278 valence electrons. The average Bonchev–Trinajstić information content (AvgIpc) is 3.05. The quantitative estimate of drug-likeness (QED) is 0.0595. The minimum atomic E-state index is 0.120. The number of quaternary nitrogens is 2. The van der Waals surface area contributed by atoms with Gasteiger partial charge in [0.25, 0.3) is 11.8 Å². The minimum Gasteiger partial charge on any atom is -0.493 e. The number of ether oxygens (including phenoxy) is 2. The summed E-state index contributed by atoms with van der Waals surface area (Å²) in [5.74, 6) is 1.98. The van der Waals surface area contributed by atoms with E-state index in [1.54, 1.807) is 0 Å². The van der Waals surface area contributed by atoms with Crippen molar-refractivity contribution in [2.75, 3.05) is 80.7 Å². The molecular formula is C42H68N4O4+2. The Morgan fingerprint density at radius 3 is 1.72 bits per heavy atom. The Morgan fingerprint density at radius 1 is 0.680 bits per heavy atom. The standard InChI is InChI=1S/C42H66N4O4/c1-9-13-25-43-41(47)33-45(5,6)27-15-17-29-49-39-24-22-36(32-37(39)20-12-4)38-31-35(19-11-3)21-23-40(38)50-30-18-16-28-46(7,8)34-42(48)44-26-14-10-2/h11-12,21-24,31-32H,3-4,9-10,13-20,25-30,33-34H2,1-2,5-8H3/p+2. The normalized spacial score (nSPS) is 11.6. The molecule has 50 heavy (non-hydrogen) atoms. The Labute approximate surface area is 304 Å². The molecule has 8 heteroatoms. The summed E-state index contributed by atoms with van der Waals surface area (Å²) in [5.41, 5.74) is 4.42. The predicted molar refractivity (Wildman–Crippen MR) is 209 cm³/mol. The van der Waals surface area contributed by atoms with Crippen LogP contribution in [0.15, 0.2) is 61.7 Å². The van der Waals surface area contributed by atoms with Crippen molar-refractivity contribution in [2.45, 2.75) is 78.1 Å². The van der Waals surface area contributed by atoms with Crippen molar-refractivity contribution in [3.8, 4) is 22.6 Å². The highest BCUT2D eigenvalue weighted by molar-refractivity contribution is 5.77. The minimum absolute atomic E-state index is 0.120. The van der Waals surface area contributed by atoms with Crippen molar-refractivity contribution in [1.82, 2.24) is 10.6 Å². The molecule has 0 fully saturated rings. The van der Waals surface area contributed by atoms with Gasteiger partial charge in [0.1, 0.15) is 11.5 Å². The molecule has 2 rings (SSSR count). The van der Waals surface area contributed by atoms with Crippen LogP contribution < -0.4 is 20.1 Å². The van der Waals surface area contributed by atoms with Crippen LogP contribution in [0.4, 0.5) is 0 Å². The lowest BCUT2D eigenvalue weighted by Crippen LogP contribution is -2.48. The molecule has 0 aliphatic heterocycles. The number of nitrogens with zero attached hydrogens (tertiary/aromatic N) is 2. The van der Waals surface area contributed by atoms with Crippen molar-refractivity contribution in [1.29, 1.82) is 0 Å². The lowest BCUT2D eigenvalue weighted by Gasteiger charge is -2.29. The number of allylic oxidation sites excluding steroid dienone is 2. The third-order valence-corrected chi connectivity index (χ3v) is 8.84. The topological polar surface area (TPSA) is 76.7 Å². The van der Waals surface area contributed by atoms with Gasteiger partial charge in [-0.05, 0) is 92.3 Å². The molecule has 0 aliphatic carbocycles. The van der Waals surface area contributed by atoms with E-state index in [1.165, 1.54) is 5.56 Å². The van der Waals surface area contributed by atoms with Gasteiger partial charge < -0.3 is 29.1 Å². The van der Waals surface area contributed by atoms with Gasteiger partial charge in [0.2, 0.25) is 0 Å². The monoisotopic (exact) mass is 693 g/mol. The van der Waals surface area contributed by atoms with Gasteiger partial charge in [0.15, 0.2) is 13.1 Å². The molecule has 0 unspecified atom stereocenters. The summed E-state index contributed by atoms with van der Waals surface area (Å²) in [6.45, 7) is 17.7. The lowest BCUT2D eigenvalue weighted by atomic mass is 9.97. The number of carbonyl (C=O) groups is 2. The number of hydrogen-bond donors (Lipinski definition) is 2. The Hall–Kier alpha value is -3.62. The number of carbonyl (C=O) groups excluding carboxylic acids is 2. The van der Waals surface area contributed by atoms with Gasteiger partial charge >= 0.3 is 0 Å². The summed E-state index contributed by atoms with van der Waals surface area (Å²) >= 11 is 0. The van der Waals surface area contributed by atoms with Gasteiger partial charge in [-0.15, -0.1) is 13.2 Å². The molecule has 0 radical (unpaired) electrons. The first-order valence-corrected chi connectivity index (χ1v) is 18.8. The van der Waals surface area contributed by atoms with Crippen LogP contribution in [0.5, 0.6) is 11.5 Å². The van der Waals surface area contributed by atoms with Gasteiger partial charge in [-0.3, -0.25) is 9.59 Å². The van der Waals surface area contributed by atoms with Crippen molar-refractivity contribution in [2.24, 2.45) is 0 Å². The van der Waals surface area contributed by atoms with Crippen molar-refractivity contribution < 1.29 is 28.0 Å². The summed E-state index contributed by atoms with van der Waals surface area (Å²) in [6, 6.07) is 12.8. The molecule has 0 atom stereocenters. The Kier molecular flexibility index (Phi) is 19.5. The molecule has 2 aromatic carbocycles. The van der Waals surface area contributed by atoms with E-state index in [4.69, 9.17) is 9.47 Å². The zero-order valence-corrected chi connectivity index (χ0v) is 32.3. The summed E-state index contributed by atoms with van der Waals surface area (Å²) < 4.78 is 14.0. The van der Waals surface area contributed by atoms with E-state index < -0.39 is 0 Å². The first-order chi connectivity index (χ1) is 23.9. The molecule has 0 spiro atoms. The number of benzene rings is 2. The molecule has 0 heterocycles. The maximum Gasteiger partial charge on any atom is 0.275 e. The van der Waals surface area contributed by atoms with Crippen LogP contribution in [-0.2, 0) is 22.4 Å². The van der Waals surface area contributed by atoms with Crippen LogP contribution in [0.25, 0.3) is 11.1 Å². The van der Waals surface area contributed by atoms with E-state index in [0.29, 0.717) is 41.7 Å². The second-order valence-corrected chi connectivity index (χ2v) is 14.8. The van der Waals surface area contributed by atoms with Crippen LogP contribution >= 0.6 is 0 Å². The zero-order valence-electron chi connectivity index (χ0n) is 32.3. The van der Waals surface area contributed by atoms with Gasteiger partial charge in [-0.2, -0.15) is 0 Å². The van der Waals surface area contributed by atoms with Crippen molar-refractivity contribution in [3.05, 3.63) is 72.8 Å². The number of rotatable bonds is 27. The third kappa shape index (κ3) is 16.9. The summed E-state index contributed by atoms with van der Waals surface area (Å²) in [7, 11) is 8.45. The second kappa shape index (κ2) is 23.0. The SMILES string of the molecule is C=CCc1ccc(OCCCC[N+](C)(C)CC(=O)NCCCC)c(-c2ccc(OCCCC[N+](C)(C)CC(=O)NCCCC)c(CC=C)c2)c1. The van der Waals surface area contributed by atoms with Gasteiger partial charge in [0.05, 0.1) is 54.5 Å². The smallest absolute Gasteiger partial charge is 0.275 e. The van der Waals surface area contributed by atoms with Gasteiger partial charge in [-0.25, -0.2) is 0 Å². The van der Waals surface area contributed by atoms with Crippen molar-refractivity contribution in [3.63, 3.8) is 0 Å². The summed E-state index contributed by atoms with van der Waals surface area (Å²) in [5, 5.41) is 6.06. The number of nitrogens with one attached hydrogen (secondary N) is 2. The molecule has 0 bridgehead atoms. The molecule has 8 nitrogen and oxygen atoms in total. The highest BCUT2D eigenvalue weighted by atomic mass is 16.5. The fourth-order valence-corrected chi connectivity index (χ4v) is 5.93. The van der Waals surface area contributed by atoms with E-state index in [9.17, 15) is 9.59 Å². The first-order valence-electron chi connectivity index (χ1n) is 18.8. The van der Waals surface area contributed by atoms with Crippen LogP contribution in [-0.4, -0.2) is 101 Å². The van der Waals surface area contributed by atoms with E-state index in [2.05, 4.69) is 102 Å². The lowest BCUT2D eigenvalue weighted by molar-refractivity contribution is -0.882. The summed E-state index contributed by atoms with van der Waals surface area (Å²) in [4.78, 5) is 24.6. The molecule has 0 saturated heterocycles. The summed E-state index contributed by atoms with van der Waals surface area (Å²) in [6.07, 6.45) is 13.3. The zero-order chi connectivity index (χ0) is 36.8. The molecule has 2 N–H and O–H groups in total. The van der Waals surface area contributed by atoms with Gasteiger partial charge in [0, 0.05) is 18.7 Å². The number of likely N-dealkylation sites (N-methyl/N-ethyl adjacent to an activating group) is 2. The molecule has 0 saturated carbocycles. The highest BCUT2D eigenvalue weighted by Crippen LogP contribution is 2.35. The Bertz CT molecular complexity index is 1340. The van der Waals surface area contributed by atoms with Crippen LogP contribution in [0, 0.1) is 0 Å². The highest BCUT2D eigenvalue weighted by Gasteiger charge is 2.21. The van der Waals surface area contributed by atoms with E-state index >= 15 is 0 Å². The van der Waals surface area contributed by atoms with Gasteiger partial charge in [-0.1, -0.05) is 51.0 Å². The second-order valence-electron chi connectivity index (χ2n) is 14.8.